The quantitative estimate of drug-likeness (QED) is 0.456. The van der Waals surface area contributed by atoms with E-state index in [1.54, 1.807) is 12.4 Å². The van der Waals surface area contributed by atoms with Gasteiger partial charge in [-0.25, -0.2) is 8.60 Å². The van der Waals surface area contributed by atoms with Crippen LogP contribution in [0.3, 0.4) is 0 Å². The lowest BCUT2D eigenvalue weighted by molar-refractivity contribution is -0.132. The van der Waals surface area contributed by atoms with Crippen molar-refractivity contribution >= 4 is 28.7 Å². The zero-order chi connectivity index (χ0) is 28.6. The van der Waals surface area contributed by atoms with Crippen LogP contribution in [0.25, 0.3) is 0 Å². The number of carbonyl (C=O) groups excluding carboxylic acids is 3. The standard InChI is InChI=1S/C24H23FN4O3S.C5H7NO2/c25-17-1-3-18(4-2-17)33(31)29-14-16(11-27-29)13-28-9-7-24(8-10-28)15-32-22-20-12-26-23(30)19(20)5-6-21(22)24;7-4-2-1-3-5(8)6-4/h1-6,11,14H,7-10,12-13,15H2,(H,26,30);1-3H2,(H,6,7,8). The average molecular weight is 580 g/mol. The lowest BCUT2D eigenvalue weighted by atomic mass is 9.74. The van der Waals surface area contributed by atoms with Crippen molar-refractivity contribution in [2.75, 3.05) is 19.7 Å². The van der Waals surface area contributed by atoms with Gasteiger partial charge in [-0.2, -0.15) is 9.19 Å². The van der Waals surface area contributed by atoms with Crippen LogP contribution in [0.2, 0.25) is 0 Å². The number of piperidine rings is 2. The van der Waals surface area contributed by atoms with Gasteiger partial charge in [0.2, 0.25) is 11.8 Å². The number of nitrogens with one attached hydrogen (secondary N) is 2. The monoisotopic (exact) mass is 579 g/mol. The summed E-state index contributed by atoms with van der Waals surface area (Å²) in [5, 5.41) is 9.35. The molecule has 1 atom stereocenters. The van der Waals surface area contributed by atoms with Crippen molar-refractivity contribution < 1.29 is 27.7 Å². The van der Waals surface area contributed by atoms with E-state index in [1.807, 2.05) is 6.07 Å². The highest BCUT2D eigenvalue weighted by molar-refractivity contribution is 7.83. The molecule has 7 rings (SSSR count). The highest BCUT2D eigenvalue weighted by Gasteiger charge is 2.45. The summed E-state index contributed by atoms with van der Waals surface area (Å²) in [6, 6.07) is 9.65. The first kappa shape index (κ1) is 27.3. The van der Waals surface area contributed by atoms with Gasteiger partial charge in [0, 0.05) is 59.8 Å². The number of fused-ring (bicyclic) bond motifs is 4. The molecule has 3 aromatic rings. The SMILES string of the molecule is O=C1CCCC(=O)N1.O=C1NCc2c1ccc1c2OCC12CCN(Cc1cnn(S(=O)c3ccc(F)cc3)c1)CC2. The maximum absolute atomic E-state index is 13.1. The molecule has 0 radical (unpaired) electrons. The maximum atomic E-state index is 13.1. The number of hydrogen-bond donors (Lipinski definition) is 2. The first-order chi connectivity index (χ1) is 19.8. The van der Waals surface area contributed by atoms with Gasteiger partial charge in [-0.3, -0.25) is 24.6 Å². The third kappa shape index (κ3) is 5.53. The molecule has 4 aliphatic rings. The van der Waals surface area contributed by atoms with E-state index in [1.165, 1.54) is 33.9 Å². The number of rotatable bonds is 4. The summed E-state index contributed by atoms with van der Waals surface area (Å²) >= 11 is 0. The van der Waals surface area contributed by atoms with Gasteiger partial charge < -0.3 is 10.1 Å². The van der Waals surface area contributed by atoms with E-state index in [0.29, 0.717) is 37.3 Å². The third-order valence-electron chi connectivity index (χ3n) is 8.10. The van der Waals surface area contributed by atoms with Crippen LogP contribution in [0.15, 0.2) is 53.7 Å². The van der Waals surface area contributed by atoms with Gasteiger partial charge >= 0.3 is 0 Å². The average Bonchev–Trinajstić information content (AvgIpc) is 3.68. The van der Waals surface area contributed by atoms with Crippen molar-refractivity contribution in [1.82, 2.24) is 24.7 Å². The fourth-order valence-corrected chi connectivity index (χ4v) is 6.77. The van der Waals surface area contributed by atoms with Crippen LogP contribution in [0.5, 0.6) is 5.75 Å². The van der Waals surface area contributed by atoms with Crippen LogP contribution < -0.4 is 15.4 Å². The van der Waals surface area contributed by atoms with Crippen molar-refractivity contribution in [2.45, 2.75) is 55.5 Å². The van der Waals surface area contributed by atoms with E-state index in [9.17, 15) is 23.0 Å². The predicted octanol–water partition coefficient (Wildman–Crippen LogP) is 2.58. The number of hydrogen-bond acceptors (Lipinski definition) is 7. The van der Waals surface area contributed by atoms with E-state index in [4.69, 9.17) is 4.74 Å². The summed E-state index contributed by atoms with van der Waals surface area (Å²) in [5.74, 6) is 0.254. The Morgan fingerprint density at radius 3 is 2.44 bits per heavy atom. The van der Waals surface area contributed by atoms with Crippen LogP contribution in [0.4, 0.5) is 4.39 Å². The second kappa shape index (κ2) is 11.2. The summed E-state index contributed by atoms with van der Waals surface area (Å²) < 4.78 is 33.4. The first-order valence-electron chi connectivity index (χ1n) is 13.7. The lowest BCUT2D eigenvalue weighted by Crippen LogP contribution is -2.43. The normalized spacial score (nSPS) is 19.9. The molecule has 3 amide bonds. The highest BCUT2D eigenvalue weighted by Crippen LogP contribution is 2.48. The molecule has 1 aromatic heterocycles. The van der Waals surface area contributed by atoms with Crippen molar-refractivity contribution in [3.63, 3.8) is 0 Å². The van der Waals surface area contributed by atoms with Gasteiger partial charge in [0.1, 0.15) is 11.6 Å². The molecule has 214 valence electrons. The number of ether oxygens (including phenoxy) is 1. The molecule has 5 heterocycles. The molecule has 1 spiro atoms. The number of benzene rings is 2. The molecule has 2 N–H and O–H groups in total. The Morgan fingerprint density at radius 2 is 1.76 bits per heavy atom. The second-order valence-corrected chi connectivity index (χ2v) is 12.1. The molecule has 10 nitrogen and oxygen atoms in total. The topological polar surface area (TPSA) is 123 Å². The number of nitrogens with zero attached hydrogens (tertiary/aromatic N) is 3. The van der Waals surface area contributed by atoms with Gasteiger partial charge in [-0.05, 0) is 62.7 Å². The summed E-state index contributed by atoms with van der Waals surface area (Å²) in [5.41, 5.74) is 3.96. The van der Waals surface area contributed by atoms with E-state index in [0.717, 1.165) is 54.9 Å². The summed E-state index contributed by atoms with van der Waals surface area (Å²) in [6.45, 7) is 3.78. The second-order valence-electron chi connectivity index (χ2n) is 10.8. The molecule has 0 bridgehead atoms. The third-order valence-corrected chi connectivity index (χ3v) is 9.31. The number of imide groups is 1. The number of carbonyl (C=O) groups is 3. The van der Waals surface area contributed by atoms with Gasteiger partial charge in [-0.15, -0.1) is 0 Å². The predicted molar refractivity (Wildman–Crippen MR) is 147 cm³/mol. The van der Waals surface area contributed by atoms with Crippen LogP contribution in [-0.4, -0.2) is 55.7 Å². The van der Waals surface area contributed by atoms with E-state index in [2.05, 4.69) is 26.7 Å². The molecule has 0 aliphatic carbocycles. The number of likely N-dealkylation sites (tertiary alicyclic amines) is 1. The van der Waals surface area contributed by atoms with Crippen LogP contribution in [0.1, 0.15) is 59.2 Å². The smallest absolute Gasteiger partial charge is 0.252 e. The highest BCUT2D eigenvalue weighted by atomic mass is 32.2. The Bertz CT molecular complexity index is 1520. The zero-order valence-corrected chi connectivity index (χ0v) is 23.2. The Kier molecular flexibility index (Phi) is 7.43. The zero-order valence-electron chi connectivity index (χ0n) is 22.4. The molecule has 2 aromatic carbocycles. The number of amides is 3. The van der Waals surface area contributed by atoms with Crippen LogP contribution >= 0.6 is 0 Å². The van der Waals surface area contributed by atoms with Gasteiger partial charge in [0.15, 0.2) is 11.0 Å². The van der Waals surface area contributed by atoms with E-state index >= 15 is 0 Å². The number of aromatic nitrogens is 2. The fourth-order valence-electron chi connectivity index (χ4n) is 5.82. The first-order valence-corrected chi connectivity index (χ1v) is 14.8. The van der Waals surface area contributed by atoms with E-state index < -0.39 is 11.0 Å². The lowest BCUT2D eigenvalue weighted by Gasteiger charge is -2.38. The van der Waals surface area contributed by atoms with E-state index in [-0.39, 0.29) is 29.0 Å². The minimum atomic E-state index is -1.50. The molecule has 12 heteroatoms. The molecule has 1 unspecified atom stereocenters. The van der Waals surface area contributed by atoms with Gasteiger partial charge in [0.05, 0.1) is 17.7 Å². The van der Waals surface area contributed by atoms with Crippen LogP contribution in [0, 0.1) is 5.82 Å². The van der Waals surface area contributed by atoms with Crippen molar-refractivity contribution in [2.24, 2.45) is 0 Å². The van der Waals surface area contributed by atoms with Crippen molar-refractivity contribution in [1.29, 1.82) is 0 Å². The molecule has 0 saturated carbocycles. The minimum Gasteiger partial charge on any atom is -0.492 e. The Balaban J connectivity index is 0.000000328. The summed E-state index contributed by atoms with van der Waals surface area (Å²) in [4.78, 5) is 35.5. The summed E-state index contributed by atoms with van der Waals surface area (Å²) in [7, 11) is -1.50. The van der Waals surface area contributed by atoms with Crippen molar-refractivity contribution in [3.8, 4) is 5.75 Å². The molecule has 2 saturated heterocycles. The van der Waals surface area contributed by atoms with Gasteiger partial charge in [-0.1, -0.05) is 6.07 Å². The molecule has 4 aliphatic heterocycles. The molecular formula is C29H30FN5O5S. The Morgan fingerprint density at radius 1 is 1.02 bits per heavy atom. The number of halogens is 1. The van der Waals surface area contributed by atoms with Crippen LogP contribution in [-0.2, 0) is 39.1 Å². The largest absolute Gasteiger partial charge is 0.492 e. The molecule has 41 heavy (non-hydrogen) atoms. The Labute approximate surface area is 238 Å². The van der Waals surface area contributed by atoms with Crippen molar-refractivity contribution in [3.05, 3.63) is 76.9 Å². The molecule has 2 fully saturated rings. The van der Waals surface area contributed by atoms with Gasteiger partial charge in [0.25, 0.3) is 5.91 Å². The fraction of sp³-hybridized carbons (Fsp3) is 0.379. The minimum absolute atomic E-state index is 0.000756. The Hall–Kier alpha value is -3.90. The summed E-state index contributed by atoms with van der Waals surface area (Å²) in [6.07, 6.45) is 7.23. The maximum Gasteiger partial charge on any atom is 0.252 e. The molecular weight excluding hydrogens is 549 g/mol.